The smallest absolute Gasteiger partial charge is 0.0775 e. The lowest BCUT2D eigenvalue weighted by Crippen LogP contribution is -2.35. The van der Waals surface area contributed by atoms with Crippen LogP contribution in [-0.4, -0.2) is 17.3 Å². The third-order valence-electron chi connectivity index (χ3n) is 3.97. The van der Waals surface area contributed by atoms with Crippen LogP contribution in [0.3, 0.4) is 0 Å². The minimum Gasteiger partial charge on any atom is -0.391 e. The highest BCUT2D eigenvalue weighted by molar-refractivity contribution is 5.36. The molecule has 0 saturated heterocycles. The average molecular weight is 217 g/mol. The van der Waals surface area contributed by atoms with Crippen molar-refractivity contribution < 1.29 is 5.11 Å². The highest BCUT2D eigenvalue weighted by Crippen LogP contribution is 2.33. The van der Waals surface area contributed by atoms with E-state index in [0.29, 0.717) is 6.04 Å². The standard InChI is InChI=1S/C14H19NO/c16-13-9-10-5-1-4-8-12(10)14(13)15-11-6-2-3-7-11/h1,4-5,8,11,13-16H,2-3,6-7,9H2. The Kier molecular flexibility index (Phi) is 2.70. The molecule has 0 spiro atoms. The van der Waals surface area contributed by atoms with E-state index in [9.17, 15) is 5.11 Å². The van der Waals surface area contributed by atoms with Crippen LogP contribution in [0.5, 0.6) is 0 Å². The predicted molar refractivity (Wildman–Crippen MR) is 64.3 cm³/mol. The zero-order chi connectivity index (χ0) is 11.0. The fraction of sp³-hybridized carbons (Fsp3) is 0.571. The van der Waals surface area contributed by atoms with Gasteiger partial charge in [-0.1, -0.05) is 37.1 Å². The highest BCUT2D eigenvalue weighted by Gasteiger charge is 2.32. The summed E-state index contributed by atoms with van der Waals surface area (Å²) in [5.74, 6) is 0. The minimum absolute atomic E-state index is 0.166. The summed E-state index contributed by atoms with van der Waals surface area (Å²) >= 11 is 0. The third kappa shape index (κ3) is 1.76. The van der Waals surface area contributed by atoms with Gasteiger partial charge in [0.05, 0.1) is 12.1 Å². The number of aliphatic hydroxyl groups is 1. The second kappa shape index (κ2) is 4.19. The monoisotopic (exact) mass is 217 g/mol. The Hall–Kier alpha value is -0.860. The van der Waals surface area contributed by atoms with E-state index in [4.69, 9.17) is 0 Å². The lowest BCUT2D eigenvalue weighted by atomic mass is 10.1. The van der Waals surface area contributed by atoms with Gasteiger partial charge in [-0.05, 0) is 24.0 Å². The molecule has 0 bridgehead atoms. The molecule has 16 heavy (non-hydrogen) atoms. The first-order valence-corrected chi connectivity index (χ1v) is 6.36. The Morgan fingerprint density at radius 2 is 1.88 bits per heavy atom. The van der Waals surface area contributed by atoms with Gasteiger partial charge in [0.1, 0.15) is 0 Å². The molecule has 2 aliphatic rings. The Balaban J connectivity index is 1.79. The molecule has 2 N–H and O–H groups in total. The van der Waals surface area contributed by atoms with E-state index in [1.165, 1.54) is 36.8 Å². The number of rotatable bonds is 2. The van der Waals surface area contributed by atoms with Crippen molar-refractivity contribution in [2.24, 2.45) is 0 Å². The molecule has 1 aromatic carbocycles. The Morgan fingerprint density at radius 1 is 1.12 bits per heavy atom. The first-order valence-electron chi connectivity index (χ1n) is 6.36. The molecule has 0 radical (unpaired) electrons. The molecule has 0 aromatic heterocycles. The van der Waals surface area contributed by atoms with Crippen molar-refractivity contribution >= 4 is 0 Å². The summed E-state index contributed by atoms with van der Waals surface area (Å²) in [4.78, 5) is 0. The van der Waals surface area contributed by atoms with Gasteiger partial charge in [0.15, 0.2) is 0 Å². The van der Waals surface area contributed by atoms with Gasteiger partial charge in [0.25, 0.3) is 0 Å². The van der Waals surface area contributed by atoms with Crippen LogP contribution in [0.25, 0.3) is 0 Å². The average Bonchev–Trinajstić information content (AvgIpc) is 2.89. The summed E-state index contributed by atoms with van der Waals surface area (Å²) in [5.41, 5.74) is 2.62. The number of aliphatic hydroxyl groups excluding tert-OH is 1. The molecule has 3 rings (SSSR count). The number of hydrogen-bond donors (Lipinski definition) is 2. The van der Waals surface area contributed by atoms with Crippen LogP contribution >= 0.6 is 0 Å². The summed E-state index contributed by atoms with van der Waals surface area (Å²) in [6.07, 6.45) is 5.78. The second-order valence-corrected chi connectivity index (χ2v) is 5.10. The molecule has 0 aliphatic heterocycles. The molecule has 0 heterocycles. The molecule has 1 aromatic rings. The van der Waals surface area contributed by atoms with Crippen LogP contribution in [0, 0.1) is 0 Å². The van der Waals surface area contributed by atoms with Gasteiger partial charge in [0, 0.05) is 12.5 Å². The van der Waals surface area contributed by atoms with Gasteiger partial charge < -0.3 is 10.4 Å². The number of fused-ring (bicyclic) bond motifs is 1. The lowest BCUT2D eigenvalue weighted by Gasteiger charge is -2.22. The van der Waals surface area contributed by atoms with Crippen LogP contribution in [0.2, 0.25) is 0 Å². The van der Waals surface area contributed by atoms with Crippen LogP contribution in [0.1, 0.15) is 42.9 Å². The maximum Gasteiger partial charge on any atom is 0.0775 e. The van der Waals surface area contributed by atoms with Gasteiger partial charge in [-0.25, -0.2) is 0 Å². The van der Waals surface area contributed by atoms with Crippen molar-refractivity contribution in [1.82, 2.24) is 5.32 Å². The Bertz CT molecular complexity index is 371. The van der Waals surface area contributed by atoms with Crippen molar-refractivity contribution in [3.63, 3.8) is 0 Å². The normalized spacial score (nSPS) is 29.6. The van der Waals surface area contributed by atoms with Gasteiger partial charge in [-0.3, -0.25) is 0 Å². The van der Waals surface area contributed by atoms with Crippen molar-refractivity contribution in [2.45, 2.75) is 50.3 Å². The van der Waals surface area contributed by atoms with Crippen LogP contribution in [0.4, 0.5) is 0 Å². The molecule has 0 amide bonds. The van der Waals surface area contributed by atoms with Crippen LogP contribution in [0.15, 0.2) is 24.3 Å². The Labute approximate surface area is 96.7 Å². The fourth-order valence-corrected chi connectivity index (χ4v) is 3.12. The maximum absolute atomic E-state index is 10.1. The number of hydrogen-bond acceptors (Lipinski definition) is 2. The molecule has 86 valence electrons. The van der Waals surface area contributed by atoms with Gasteiger partial charge in [0.2, 0.25) is 0 Å². The molecule has 2 heteroatoms. The first kappa shape index (κ1) is 10.3. The molecule has 2 unspecified atom stereocenters. The lowest BCUT2D eigenvalue weighted by molar-refractivity contribution is 0.135. The van der Waals surface area contributed by atoms with Crippen molar-refractivity contribution in [2.75, 3.05) is 0 Å². The van der Waals surface area contributed by atoms with E-state index >= 15 is 0 Å². The van der Waals surface area contributed by atoms with Crippen molar-refractivity contribution in [3.8, 4) is 0 Å². The molecule has 2 atom stereocenters. The number of nitrogens with one attached hydrogen (secondary N) is 1. The quantitative estimate of drug-likeness (QED) is 0.795. The second-order valence-electron chi connectivity index (χ2n) is 5.10. The van der Waals surface area contributed by atoms with Crippen LogP contribution < -0.4 is 5.32 Å². The van der Waals surface area contributed by atoms with E-state index in [0.717, 1.165) is 6.42 Å². The third-order valence-corrected chi connectivity index (χ3v) is 3.97. The molecule has 2 nitrogen and oxygen atoms in total. The zero-order valence-electron chi connectivity index (χ0n) is 9.52. The predicted octanol–water partition coefficient (Wildman–Crippen LogP) is 2.18. The van der Waals surface area contributed by atoms with Crippen molar-refractivity contribution in [1.29, 1.82) is 0 Å². The summed E-state index contributed by atoms with van der Waals surface area (Å²) in [6.45, 7) is 0. The zero-order valence-corrected chi connectivity index (χ0v) is 9.52. The molecule has 2 aliphatic carbocycles. The highest BCUT2D eigenvalue weighted by atomic mass is 16.3. The topological polar surface area (TPSA) is 32.3 Å². The summed E-state index contributed by atoms with van der Waals surface area (Å²) in [5, 5.41) is 13.7. The fourth-order valence-electron chi connectivity index (χ4n) is 3.12. The molecule has 1 saturated carbocycles. The summed E-state index contributed by atoms with van der Waals surface area (Å²) in [6, 6.07) is 9.20. The maximum atomic E-state index is 10.1. The largest absolute Gasteiger partial charge is 0.391 e. The van der Waals surface area contributed by atoms with E-state index in [2.05, 4.69) is 29.6 Å². The van der Waals surface area contributed by atoms with Crippen molar-refractivity contribution in [3.05, 3.63) is 35.4 Å². The minimum atomic E-state index is -0.238. The van der Waals surface area contributed by atoms with Gasteiger partial charge >= 0.3 is 0 Å². The van der Waals surface area contributed by atoms with Crippen LogP contribution in [-0.2, 0) is 6.42 Å². The van der Waals surface area contributed by atoms with Gasteiger partial charge in [-0.15, -0.1) is 0 Å². The molecular weight excluding hydrogens is 198 g/mol. The molecule has 1 fully saturated rings. The summed E-state index contributed by atoms with van der Waals surface area (Å²) in [7, 11) is 0. The van der Waals surface area contributed by atoms with E-state index in [1.807, 2.05) is 0 Å². The first-order chi connectivity index (χ1) is 7.84. The van der Waals surface area contributed by atoms with E-state index in [-0.39, 0.29) is 12.1 Å². The Morgan fingerprint density at radius 3 is 2.69 bits per heavy atom. The molecular formula is C14H19NO. The number of benzene rings is 1. The van der Waals surface area contributed by atoms with E-state index < -0.39 is 0 Å². The SMILES string of the molecule is OC1Cc2ccccc2C1NC1CCCC1. The summed E-state index contributed by atoms with van der Waals surface area (Å²) < 4.78 is 0. The van der Waals surface area contributed by atoms with E-state index in [1.54, 1.807) is 0 Å². The van der Waals surface area contributed by atoms with Gasteiger partial charge in [-0.2, -0.15) is 0 Å².